The Bertz CT molecular complexity index is 686. The zero-order chi connectivity index (χ0) is 19.5. The maximum atomic E-state index is 11.9. The van der Waals surface area contributed by atoms with Gasteiger partial charge in [0.1, 0.15) is 24.4 Å². The van der Waals surface area contributed by atoms with Gasteiger partial charge in [-0.2, -0.15) is 0 Å². The largest absolute Gasteiger partial charge is 0.458 e. The maximum absolute atomic E-state index is 11.9. The Hall–Kier alpha value is -1.25. The number of carbonyl (C=O) groups is 1. The predicted octanol–water partition coefficient (Wildman–Crippen LogP) is 0.819. The maximum Gasteiger partial charge on any atom is 0.334 e. The van der Waals surface area contributed by atoms with Crippen molar-refractivity contribution in [1.82, 2.24) is 0 Å². The fourth-order valence-electron chi connectivity index (χ4n) is 5.26. The average molecular weight is 380 g/mol. The molecule has 2 aliphatic carbocycles. The van der Waals surface area contributed by atoms with Crippen molar-refractivity contribution in [3.05, 3.63) is 23.3 Å². The minimum absolute atomic E-state index is 0.0631. The third-order valence-corrected chi connectivity index (χ3v) is 6.73. The van der Waals surface area contributed by atoms with Crippen LogP contribution in [0, 0.1) is 11.3 Å². The Morgan fingerprint density at radius 2 is 1.93 bits per heavy atom. The van der Waals surface area contributed by atoms with Gasteiger partial charge >= 0.3 is 5.97 Å². The van der Waals surface area contributed by atoms with Crippen molar-refractivity contribution in [3.63, 3.8) is 0 Å². The molecule has 8 atom stereocenters. The molecule has 3 N–H and O–H groups in total. The van der Waals surface area contributed by atoms with Crippen LogP contribution < -0.4 is 0 Å². The van der Waals surface area contributed by atoms with E-state index in [0.717, 1.165) is 19.3 Å². The molecule has 7 heteroatoms. The van der Waals surface area contributed by atoms with E-state index < -0.39 is 24.6 Å². The van der Waals surface area contributed by atoms with Crippen molar-refractivity contribution in [3.8, 4) is 0 Å². The lowest BCUT2D eigenvalue weighted by Gasteiger charge is -2.48. The molecule has 0 aromatic rings. The van der Waals surface area contributed by atoms with Crippen molar-refractivity contribution in [2.45, 2.75) is 76.3 Å². The van der Waals surface area contributed by atoms with E-state index in [1.165, 1.54) is 11.1 Å². The number of allylic oxidation sites excluding steroid dienone is 1. The Kier molecular flexibility index (Phi) is 4.71. The third-order valence-electron chi connectivity index (χ3n) is 6.73. The van der Waals surface area contributed by atoms with Crippen molar-refractivity contribution in [1.29, 1.82) is 0 Å². The first-order chi connectivity index (χ1) is 12.7. The fraction of sp³-hybridized carbons (Fsp3) is 0.750. The molecule has 0 aromatic carbocycles. The Balaban J connectivity index is 1.50. The number of esters is 1. The van der Waals surface area contributed by atoms with Gasteiger partial charge in [-0.3, -0.25) is 0 Å². The smallest absolute Gasteiger partial charge is 0.334 e. The minimum Gasteiger partial charge on any atom is -0.458 e. The summed E-state index contributed by atoms with van der Waals surface area (Å²) in [6.45, 7) is 8.09. The van der Waals surface area contributed by atoms with Crippen LogP contribution in [0.1, 0.15) is 39.5 Å². The Labute approximate surface area is 158 Å². The van der Waals surface area contributed by atoms with Crippen LogP contribution in [0.5, 0.6) is 0 Å². The van der Waals surface area contributed by atoms with E-state index in [-0.39, 0.29) is 36.1 Å². The number of fused-ring (bicyclic) bond motifs is 2. The zero-order valence-corrected chi connectivity index (χ0v) is 15.8. The molecule has 0 bridgehead atoms. The highest BCUT2D eigenvalue weighted by Gasteiger charge is 2.52. The van der Waals surface area contributed by atoms with Crippen LogP contribution in [-0.4, -0.2) is 64.7 Å². The van der Waals surface area contributed by atoms with E-state index in [1.54, 1.807) is 0 Å². The van der Waals surface area contributed by atoms with Gasteiger partial charge in [-0.05, 0) is 38.0 Å². The lowest BCUT2D eigenvalue weighted by Crippen LogP contribution is -2.55. The molecule has 0 amide bonds. The van der Waals surface area contributed by atoms with Gasteiger partial charge in [0.25, 0.3) is 0 Å². The van der Waals surface area contributed by atoms with E-state index >= 15 is 0 Å². The molecule has 4 rings (SSSR count). The number of aliphatic hydroxyl groups is 3. The van der Waals surface area contributed by atoms with Crippen molar-refractivity contribution >= 4 is 5.97 Å². The summed E-state index contributed by atoms with van der Waals surface area (Å²) in [5.74, 6) is -0.224. The number of hydrogen-bond acceptors (Lipinski definition) is 7. The Morgan fingerprint density at radius 3 is 2.67 bits per heavy atom. The molecule has 2 saturated heterocycles. The molecular weight excluding hydrogens is 352 g/mol. The highest BCUT2D eigenvalue weighted by Crippen LogP contribution is 2.55. The van der Waals surface area contributed by atoms with Gasteiger partial charge in [-0.15, -0.1) is 0 Å². The fourth-order valence-corrected chi connectivity index (χ4v) is 5.26. The van der Waals surface area contributed by atoms with Crippen LogP contribution in [0.15, 0.2) is 23.3 Å². The summed E-state index contributed by atoms with van der Waals surface area (Å²) in [6.07, 6.45) is -2.04. The molecule has 0 radical (unpaired) electrons. The highest BCUT2D eigenvalue weighted by atomic mass is 16.7. The summed E-state index contributed by atoms with van der Waals surface area (Å²) in [5.41, 5.74) is 3.00. The number of carbonyl (C=O) groups excluding carboxylic acids is 1. The summed E-state index contributed by atoms with van der Waals surface area (Å²) in [5, 5.41) is 29.6. The molecular formula is C20H28O7. The molecule has 27 heavy (non-hydrogen) atoms. The first-order valence-corrected chi connectivity index (χ1v) is 9.60. The van der Waals surface area contributed by atoms with E-state index in [4.69, 9.17) is 14.2 Å². The lowest BCUT2D eigenvalue weighted by atomic mass is 9.60. The van der Waals surface area contributed by atoms with Crippen LogP contribution >= 0.6 is 0 Å². The summed E-state index contributed by atoms with van der Waals surface area (Å²) in [4.78, 5) is 11.9. The second-order valence-electron chi connectivity index (χ2n) is 8.72. The first kappa shape index (κ1) is 19.1. The van der Waals surface area contributed by atoms with E-state index in [1.807, 2.05) is 0 Å². The second-order valence-corrected chi connectivity index (χ2v) is 8.72. The molecule has 2 aliphatic heterocycles. The summed E-state index contributed by atoms with van der Waals surface area (Å²) >= 11 is 0. The highest BCUT2D eigenvalue weighted by molar-refractivity contribution is 5.91. The van der Waals surface area contributed by atoms with Gasteiger partial charge in [-0.25, -0.2) is 4.79 Å². The Morgan fingerprint density at radius 1 is 1.19 bits per heavy atom. The van der Waals surface area contributed by atoms with Crippen LogP contribution in [0.3, 0.4) is 0 Å². The molecule has 0 spiro atoms. The van der Waals surface area contributed by atoms with Gasteiger partial charge in [-0.1, -0.05) is 24.6 Å². The summed E-state index contributed by atoms with van der Waals surface area (Å²) in [6, 6.07) is 0. The van der Waals surface area contributed by atoms with Gasteiger partial charge in [0.15, 0.2) is 6.29 Å². The summed E-state index contributed by atoms with van der Waals surface area (Å²) in [7, 11) is 0. The lowest BCUT2D eigenvalue weighted by molar-refractivity contribution is -0.285. The van der Waals surface area contributed by atoms with Crippen molar-refractivity contribution < 1.29 is 34.3 Å². The summed E-state index contributed by atoms with van der Waals surface area (Å²) < 4.78 is 16.9. The van der Waals surface area contributed by atoms with Gasteiger partial charge < -0.3 is 29.5 Å². The molecule has 1 saturated carbocycles. The van der Waals surface area contributed by atoms with E-state index in [9.17, 15) is 20.1 Å². The van der Waals surface area contributed by atoms with Gasteiger partial charge in [0.2, 0.25) is 0 Å². The molecule has 4 aliphatic rings. The molecule has 0 aromatic heterocycles. The molecule has 3 fully saturated rings. The molecule has 2 heterocycles. The number of hydrogen-bond donors (Lipinski definition) is 3. The van der Waals surface area contributed by atoms with Crippen molar-refractivity contribution in [2.24, 2.45) is 11.3 Å². The van der Waals surface area contributed by atoms with Gasteiger partial charge in [0, 0.05) is 11.5 Å². The minimum atomic E-state index is -1.29. The van der Waals surface area contributed by atoms with Crippen LogP contribution in [0.4, 0.5) is 0 Å². The average Bonchev–Trinajstić information content (AvgIpc) is 2.86. The van der Waals surface area contributed by atoms with Gasteiger partial charge in [0.05, 0.1) is 12.7 Å². The SMILES string of the molecule is C=C1C(=O)OC2CC3(C)CC(OC4OCC(O)C(O)C4O)CC(C)=C3CC12. The zero-order valence-electron chi connectivity index (χ0n) is 15.8. The first-order valence-electron chi connectivity index (χ1n) is 9.60. The van der Waals surface area contributed by atoms with E-state index in [0.29, 0.717) is 12.0 Å². The van der Waals surface area contributed by atoms with Crippen molar-refractivity contribution in [2.75, 3.05) is 6.61 Å². The molecule has 7 nitrogen and oxygen atoms in total. The van der Waals surface area contributed by atoms with Crippen LogP contribution in [0.25, 0.3) is 0 Å². The standard InChI is InChI=1S/C20H28O7/c1-9-4-11(26-19-17(23)16(22)14(21)8-25-19)6-20(3)7-15-12(5-13(9)20)10(2)18(24)27-15/h11-12,14-17,19,21-23H,2,4-8H2,1,3H3. The number of rotatable bonds is 2. The topological polar surface area (TPSA) is 105 Å². The quantitative estimate of drug-likeness (QED) is 0.370. The second kappa shape index (κ2) is 6.67. The number of ether oxygens (including phenoxy) is 3. The molecule has 150 valence electrons. The third kappa shape index (κ3) is 3.15. The molecule has 8 unspecified atom stereocenters. The predicted molar refractivity (Wildman–Crippen MR) is 94.4 cm³/mol. The monoisotopic (exact) mass is 380 g/mol. The van der Waals surface area contributed by atoms with E-state index in [2.05, 4.69) is 20.4 Å². The van der Waals surface area contributed by atoms with Crippen LogP contribution in [0.2, 0.25) is 0 Å². The normalized spacial score (nSPS) is 47.5. The van der Waals surface area contributed by atoms with Crippen LogP contribution in [-0.2, 0) is 19.0 Å². The number of aliphatic hydroxyl groups excluding tert-OH is 3.